The zero-order valence-corrected chi connectivity index (χ0v) is 14.1. The van der Waals surface area contributed by atoms with Crippen molar-refractivity contribution in [2.45, 2.75) is 18.8 Å². The van der Waals surface area contributed by atoms with Crippen molar-refractivity contribution in [3.05, 3.63) is 52.6 Å². The van der Waals surface area contributed by atoms with E-state index >= 15 is 0 Å². The van der Waals surface area contributed by atoms with Crippen molar-refractivity contribution >= 4 is 29.2 Å². The lowest BCUT2D eigenvalue weighted by atomic mass is 10.1. The molecule has 130 valence electrons. The fourth-order valence-electron chi connectivity index (χ4n) is 2.43. The summed E-state index contributed by atoms with van der Waals surface area (Å²) < 4.78 is 19.5. The first kappa shape index (κ1) is 17.2. The van der Waals surface area contributed by atoms with E-state index in [1.165, 1.54) is 25.4 Å². The van der Waals surface area contributed by atoms with Gasteiger partial charge in [-0.1, -0.05) is 11.6 Å². The van der Waals surface area contributed by atoms with Gasteiger partial charge in [0.15, 0.2) is 5.15 Å². The highest BCUT2D eigenvalue weighted by Gasteiger charge is 2.28. The molecule has 1 fully saturated rings. The Morgan fingerprint density at radius 2 is 2.12 bits per heavy atom. The minimum Gasteiger partial charge on any atom is -0.496 e. The molecular weight excluding hydrogens is 349 g/mol. The lowest BCUT2D eigenvalue weighted by Crippen LogP contribution is -2.35. The molecule has 3 rings (SSSR count). The van der Waals surface area contributed by atoms with Gasteiger partial charge in [-0.05, 0) is 48.6 Å². The SMILES string of the molecule is COc1cc(C2CC2)cc(F)c1C(=O)NC(=O)Nc1cccnc1Cl. The van der Waals surface area contributed by atoms with Gasteiger partial charge in [0.2, 0.25) is 0 Å². The van der Waals surface area contributed by atoms with Crippen LogP contribution in [0.5, 0.6) is 5.75 Å². The zero-order valence-electron chi connectivity index (χ0n) is 13.3. The number of ether oxygens (including phenoxy) is 1. The van der Waals surface area contributed by atoms with Crippen LogP contribution in [-0.2, 0) is 0 Å². The number of halogens is 2. The predicted molar refractivity (Wildman–Crippen MR) is 90.7 cm³/mol. The Labute approximate surface area is 148 Å². The molecule has 2 N–H and O–H groups in total. The van der Waals surface area contributed by atoms with Crippen molar-refractivity contribution < 1.29 is 18.7 Å². The first-order valence-corrected chi connectivity index (χ1v) is 7.97. The van der Waals surface area contributed by atoms with Gasteiger partial charge < -0.3 is 10.1 Å². The summed E-state index contributed by atoms with van der Waals surface area (Å²) in [6, 6.07) is 5.18. The third kappa shape index (κ3) is 3.88. The Hall–Kier alpha value is -2.67. The van der Waals surface area contributed by atoms with Gasteiger partial charge in [0.05, 0.1) is 12.8 Å². The number of urea groups is 1. The maximum atomic E-state index is 14.4. The van der Waals surface area contributed by atoms with Crippen LogP contribution in [0.4, 0.5) is 14.9 Å². The van der Waals surface area contributed by atoms with Crippen LogP contribution >= 0.6 is 11.6 Å². The second kappa shape index (κ2) is 7.06. The number of carbonyl (C=O) groups is 2. The number of rotatable bonds is 4. The molecule has 1 heterocycles. The Morgan fingerprint density at radius 1 is 1.36 bits per heavy atom. The van der Waals surface area contributed by atoms with Crippen LogP contribution in [0.15, 0.2) is 30.5 Å². The average Bonchev–Trinajstić information content (AvgIpc) is 3.40. The van der Waals surface area contributed by atoms with Crippen molar-refractivity contribution in [1.82, 2.24) is 10.3 Å². The number of methoxy groups -OCH3 is 1. The average molecular weight is 364 g/mol. The molecule has 0 atom stereocenters. The summed E-state index contributed by atoms with van der Waals surface area (Å²) in [6.45, 7) is 0. The molecule has 0 spiro atoms. The van der Waals surface area contributed by atoms with Gasteiger partial charge in [-0.25, -0.2) is 14.2 Å². The fourth-order valence-corrected chi connectivity index (χ4v) is 2.60. The summed E-state index contributed by atoms with van der Waals surface area (Å²) in [4.78, 5) is 28.0. The number of amides is 3. The lowest BCUT2D eigenvalue weighted by molar-refractivity contribution is 0.0960. The summed E-state index contributed by atoms with van der Waals surface area (Å²) in [7, 11) is 1.34. The summed E-state index contributed by atoms with van der Waals surface area (Å²) in [5, 5.41) is 4.51. The third-order valence-corrected chi connectivity index (χ3v) is 4.11. The number of nitrogens with one attached hydrogen (secondary N) is 2. The van der Waals surface area contributed by atoms with E-state index in [-0.39, 0.29) is 22.2 Å². The molecule has 0 aliphatic heterocycles. The normalized spacial score (nSPS) is 13.2. The quantitative estimate of drug-likeness (QED) is 0.811. The fraction of sp³-hybridized carbons (Fsp3) is 0.235. The summed E-state index contributed by atoms with van der Waals surface area (Å²) in [5.41, 5.74) is 0.697. The van der Waals surface area contributed by atoms with Crippen molar-refractivity contribution in [2.75, 3.05) is 12.4 Å². The Balaban J connectivity index is 1.76. The lowest BCUT2D eigenvalue weighted by Gasteiger charge is -2.12. The maximum Gasteiger partial charge on any atom is 0.326 e. The number of pyridine rings is 1. The molecule has 25 heavy (non-hydrogen) atoms. The van der Waals surface area contributed by atoms with E-state index in [0.29, 0.717) is 5.92 Å². The minimum atomic E-state index is -0.908. The number of carbonyl (C=O) groups excluding carboxylic acids is 2. The van der Waals surface area contributed by atoms with Crippen LogP contribution < -0.4 is 15.4 Å². The van der Waals surface area contributed by atoms with E-state index in [0.717, 1.165) is 18.4 Å². The highest BCUT2D eigenvalue weighted by atomic mass is 35.5. The third-order valence-electron chi connectivity index (χ3n) is 3.81. The van der Waals surface area contributed by atoms with Crippen LogP contribution in [0, 0.1) is 5.82 Å². The van der Waals surface area contributed by atoms with Crippen LogP contribution in [0.25, 0.3) is 0 Å². The summed E-state index contributed by atoms with van der Waals surface area (Å²) in [5.74, 6) is -1.25. The topological polar surface area (TPSA) is 80.3 Å². The Morgan fingerprint density at radius 3 is 2.76 bits per heavy atom. The van der Waals surface area contributed by atoms with Crippen molar-refractivity contribution in [1.29, 1.82) is 0 Å². The summed E-state index contributed by atoms with van der Waals surface area (Å²) >= 11 is 5.83. The standard InChI is InChI=1S/C17H15ClFN3O3/c1-25-13-8-10(9-4-5-9)7-11(19)14(13)16(23)22-17(24)21-12-3-2-6-20-15(12)18/h2-3,6-9H,4-5H2,1H3,(H2,21,22,23,24). The van der Waals surface area contributed by atoms with Gasteiger partial charge in [-0.3, -0.25) is 10.1 Å². The number of anilines is 1. The second-order valence-electron chi connectivity index (χ2n) is 5.60. The highest BCUT2D eigenvalue weighted by molar-refractivity contribution is 6.32. The number of imide groups is 1. The van der Waals surface area contributed by atoms with Crippen LogP contribution in [0.3, 0.4) is 0 Å². The van der Waals surface area contributed by atoms with Crippen molar-refractivity contribution in [3.8, 4) is 5.75 Å². The molecule has 1 aliphatic rings. The van der Waals surface area contributed by atoms with Crippen LogP contribution in [0.1, 0.15) is 34.7 Å². The number of aromatic nitrogens is 1. The largest absolute Gasteiger partial charge is 0.496 e. The van der Waals surface area contributed by atoms with Crippen molar-refractivity contribution in [3.63, 3.8) is 0 Å². The minimum absolute atomic E-state index is 0.0719. The summed E-state index contributed by atoms with van der Waals surface area (Å²) in [6.07, 6.45) is 3.43. The molecule has 1 aromatic heterocycles. The molecule has 0 bridgehead atoms. The number of hydrogen-bond donors (Lipinski definition) is 2. The first-order valence-electron chi connectivity index (χ1n) is 7.60. The van der Waals surface area contributed by atoms with Gasteiger partial charge in [0, 0.05) is 6.20 Å². The smallest absolute Gasteiger partial charge is 0.326 e. The molecule has 3 amide bonds. The predicted octanol–water partition coefficient (Wildman–Crippen LogP) is 3.72. The van der Waals surface area contributed by atoms with Gasteiger partial charge in [-0.15, -0.1) is 0 Å². The monoisotopic (exact) mass is 363 g/mol. The van der Waals surface area contributed by atoms with E-state index in [9.17, 15) is 14.0 Å². The van der Waals surface area contributed by atoms with Gasteiger partial charge in [-0.2, -0.15) is 0 Å². The van der Waals surface area contributed by atoms with E-state index in [1.807, 2.05) is 0 Å². The van der Waals surface area contributed by atoms with Gasteiger partial charge in [0.1, 0.15) is 17.1 Å². The van der Waals surface area contributed by atoms with Gasteiger partial charge in [0.25, 0.3) is 5.91 Å². The first-order chi connectivity index (χ1) is 12.0. The molecule has 1 aromatic carbocycles. The molecule has 1 saturated carbocycles. The van der Waals surface area contributed by atoms with E-state index < -0.39 is 17.8 Å². The molecule has 6 nitrogen and oxygen atoms in total. The highest BCUT2D eigenvalue weighted by Crippen LogP contribution is 2.42. The molecular formula is C17H15ClFN3O3. The number of nitrogens with zero attached hydrogens (tertiary/aromatic N) is 1. The molecule has 2 aromatic rings. The van der Waals surface area contributed by atoms with E-state index in [1.54, 1.807) is 12.1 Å². The molecule has 0 saturated heterocycles. The molecule has 8 heteroatoms. The molecule has 0 radical (unpaired) electrons. The number of benzene rings is 1. The Bertz CT molecular complexity index is 840. The molecule has 1 aliphatic carbocycles. The van der Waals surface area contributed by atoms with Crippen molar-refractivity contribution in [2.24, 2.45) is 0 Å². The zero-order chi connectivity index (χ0) is 18.0. The number of hydrogen-bond acceptors (Lipinski definition) is 4. The van der Waals surface area contributed by atoms with Gasteiger partial charge >= 0.3 is 6.03 Å². The Kier molecular flexibility index (Phi) is 4.85. The molecule has 0 unspecified atom stereocenters. The van der Waals surface area contributed by atoms with Crippen LogP contribution in [0.2, 0.25) is 5.15 Å². The van der Waals surface area contributed by atoms with Crippen LogP contribution in [-0.4, -0.2) is 24.0 Å². The van der Waals surface area contributed by atoms with E-state index in [2.05, 4.69) is 15.6 Å². The second-order valence-corrected chi connectivity index (χ2v) is 5.96. The maximum absolute atomic E-state index is 14.4. The van der Waals surface area contributed by atoms with E-state index in [4.69, 9.17) is 16.3 Å².